The lowest BCUT2D eigenvalue weighted by Gasteiger charge is -2.29. The molecule has 3 aromatic rings. The van der Waals surface area contributed by atoms with Crippen molar-refractivity contribution in [2.24, 2.45) is 5.92 Å². The van der Waals surface area contributed by atoms with Gasteiger partial charge in [-0.05, 0) is 60.9 Å². The number of carbonyl (C=O) groups is 3. The number of benzene rings is 2. The molecule has 186 valence electrons. The van der Waals surface area contributed by atoms with Crippen LogP contribution in [-0.2, 0) is 20.8 Å². The number of rotatable bonds is 8. The smallest absolute Gasteiger partial charge is 0.294 e. The number of nitrogens with zero attached hydrogens (tertiary/aromatic N) is 1. The van der Waals surface area contributed by atoms with Gasteiger partial charge in [-0.25, -0.2) is 0 Å². The van der Waals surface area contributed by atoms with Gasteiger partial charge in [-0.1, -0.05) is 38.1 Å². The summed E-state index contributed by atoms with van der Waals surface area (Å²) in [4.78, 5) is 40.0. The first-order valence-corrected chi connectivity index (χ1v) is 12.0. The highest BCUT2D eigenvalue weighted by Gasteiger charge is 2.45. The van der Waals surface area contributed by atoms with Gasteiger partial charge >= 0.3 is 0 Å². The largest absolute Gasteiger partial charge is 0.503 e. The molecule has 0 bridgehead atoms. The summed E-state index contributed by atoms with van der Waals surface area (Å²) in [5.74, 6) is -0.484. The molecule has 7 heteroatoms. The average Bonchev–Trinajstić information content (AvgIpc) is 3.43. The first kappa shape index (κ1) is 25.0. The van der Waals surface area contributed by atoms with Crippen LogP contribution in [0.25, 0.3) is 11.3 Å². The minimum Gasteiger partial charge on any atom is -0.503 e. The van der Waals surface area contributed by atoms with Gasteiger partial charge in [0.05, 0.1) is 11.6 Å². The summed E-state index contributed by atoms with van der Waals surface area (Å²) in [6.07, 6.45) is 0.684. The van der Waals surface area contributed by atoms with Crippen LogP contribution >= 0.6 is 0 Å². The van der Waals surface area contributed by atoms with E-state index in [1.807, 2.05) is 55.5 Å². The first-order chi connectivity index (χ1) is 17.2. The van der Waals surface area contributed by atoms with Crippen molar-refractivity contribution in [1.29, 1.82) is 0 Å². The first-order valence-electron chi connectivity index (χ1n) is 12.0. The molecule has 1 aromatic heterocycles. The van der Waals surface area contributed by atoms with Gasteiger partial charge in [-0.15, -0.1) is 0 Å². The zero-order valence-corrected chi connectivity index (χ0v) is 20.9. The van der Waals surface area contributed by atoms with Crippen molar-refractivity contribution in [2.45, 2.75) is 39.7 Å². The fraction of sp³-hybridized carbons (Fsp3) is 0.276. The van der Waals surface area contributed by atoms with Gasteiger partial charge in [0, 0.05) is 30.6 Å². The van der Waals surface area contributed by atoms with Crippen molar-refractivity contribution in [3.8, 4) is 11.3 Å². The quantitative estimate of drug-likeness (QED) is 0.464. The third kappa shape index (κ3) is 4.69. The summed E-state index contributed by atoms with van der Waals surface area (Å²) < 4.78 is 5.70. The molecule has 1 aliphatic rings. The van der Waals surface area contributed by atoms with Crippen LogP contribution in [0.15, 0.2) is 76.4 Å². The summed E-state index contributed by atoms with van der Waals surface area (Å²) in [5, 5.41) is 13.5. The molecule has 36 heavy (non-hydrogen) atoms. The Hall–Kier alpha value is -4.13. The zero-order valence-electron chi connectivity index (χ0n) is 20.9. The second-order valence-corrected chi connectivity index (χ2v) is 9.19. The molecular weight excluding hydrogens is 456 g/mol. The van der Waals surface area contributed by atoms with Gasteiger partial charge in [-0.2, -0.15) is 0 Å². The maximum absolute atomic E-state index is 13.4. The van der Waals surface area contributed by atoms with Crippen molar-refractivity contribution in [3.05, 3.63) is 88.9 Å². The molecule has 2 aromatic carbocycles. The molecule has 7 nitrogen and oxygen atoms in total. The van der Waals surface area contributed by atoms with Gasteiger partial charge in [0.25, 0.3) is 5.91 Å². The average molecular weight is 487 g/mol. The van der Waals surface area contributed by atoms with Crippen LogP contribution in [-0.4, -0.2) is 29.8 Å². The Labute approximate surface area is 210 Å². The third-order valence-electron chi connectivity index (χ3n) is 6.42. The lowest BCUT2D eigenvalue weighted by molar-refractivity contribution is -0.120. The van der Waals surface area contributed by atoms with E-state index in [0.717, 1.165) is 16.9 Å². The van der Waals surface area contributed by atoms with Crippen LogP contribution in [0, 0.1) is 12.8 Å². The standard InChI is InChI=1S/C29H30N2O5/c1-17(2)27(33)25-26(22-8-6-5-7-19(22)12-16-24(32)30-4)31(29(35)28(25)34)21-13-10-20(11-14-21)23-15-9-18(3)36-23/h5-11,13-15,17,26,34H,12,16H2,1-4H3,(H,30,32). The number of Topliss-reactive ketones (excluding diaryl/α,β-unsaturated/α-hetero) is 1. The molecule has 0 saturated carbocycles. The number of anilines is 1. The highest BCUT2D eigenvalue weighted by Crippen LogP contribution is 2.43. The number of amides is 2. The predicted octanol–water partition coefficient (Wildman–Crippen LogP) is 5.06. The van der Waals surface area contributed by atoms with E-state index in [9.17, 15) is 19.5 Å². The van der Waals surface area contributed by atoms with E-state index in [0.29, 0.717) is 23.4 Å². The van der Waals surface area contributed by atoms with Gasteiger partial charge in [0.2, 0.25) is 5.91 Å². The van der Waals surface area contributed by atoms with Gasteiger partial charge in [0.15, 0.2) is 11.5 Å². The van der Waals surface area contributed by atoms with Crippen LogP contribution in [0.4, 0.5) is 5.69 Å². The van der Waals surface area contributed by atoms with E-state index < -0.39 is 23.6 Å². The maximum atomic E-state index is 13.4. The Balaban J connectivity index is 1.80. The van der Waals surface area contributed by atoms with Crippen LogP contribution < -0.4 is 10.2 Å². The Bertz CT molecular complexity index is 1330. The number of furan rings is 1. The molecule has 2 amide bonds. The Kier molecular flexibility index (Phi) is 7.10. The van der Waals surface area contributed by atoms with Gasteiger partial charge in [0.1, 0.15) is 11.5 Å². The fourth-order valence-corrected chi connectivity index (χ4v) is 4.51. The molecule has 0 radical (unpaired) electrons. The van der Waals surface area contributed by atoms with E-state index in [1.165, 1.54) is 4.90 Å². The summed E-state index contributed by atoms with van der Waals surface area (Å²) in [6, 6.07) is 17.6. The SMILES string of the molecule is CNC(=O)CCc1ccccc1C1C(C(=O)C(C)C)=C(O)C(=O)N1c1ccc(-c2ccc(C)o2)cc1. The van der Waals surface area contributed by atoms with Crippen molar-refractivity contribution < 1.29 is 23.9 Å². The summed E-state index contributed by atoms with van der Waals surface area (Å²) in [6.45, 7) is 5.35. The monoisotopic (exact) mass is 486 g/mol. The molecule has 0 spiro atoms. The lowest BCUT2D eigenvalue weighted by atomic mass is 9.87. The molecule has 2 N–H and O–H groups in total. The number of ketones is 1. The molecule has 1 atom stereocenters. The van der Waals surface area contributed by atoms with Crippen LogP contribution in [0.1, 0.15) is 43.2 Å². The number of hydrogen-bond acceptors (Lipinski definition) is 5. The van der Waals surface area contributed by atoms with E-state index >= 15 is 0 Å². The van der Waals surface area contributed by atoms with Crippen LogP contribution in [0.5, 0.6) is 0 Å². The third-order valence-corrected chi connectivity index (χ3v) is 6.42. The van der Waals surface area contributed by atoms with E-state index in [-0.39, 0.29) is 23.7 Å². The Morgan fingerprint density at radius 3 is 2.36 bits per heavy atom. The number of aliphatic hydroxyl groups is 1. The molecule has 2 heterocycles. The van der Waals surface area contributed by atoms with Gasteiger partial charge < -0.3 is 14.8 Å². The second kappa shape index (κ2) is 10.2. The Morgan fingerprint density at radius 2 is 1.75 bits per heavy atom. The van der Waals surface area contributed by atoms with E-state index in [4.69, 9.17) is 4.42 Å². The fourth-order valence-electron chi connectivity index (χ4n) is 4.51. The minimum atomic E-state index is -0.815. The Morgan fingerprint density at radius 1 is 1.06 bits per heavy atom. The minimum absolute atomic E-state index is 0.0770. The number of carbonyl (C=O) groups excluding carboxylic acids is 3. The van der Waals surface area contributed by atoms with E-state index in [1.54, 1.807) is 33.0 Å². The number of hydrogen-bond donors (Lipinski definition) is 2. The van der Waals surface area contributed by atoms with Crippen molar-refractivity contribution >= 4 is 23.3 Å². The normalized spacial score (nSPS) is 15.6. The molecular formula is C29H30N2O5. The molecule has 0 fully saturated rings. The second-order valence-electron chi connectivity index (χ2n) is 9.19. The van der Waals surface area contributed by atoms with Gasteiger partial charge in [-0.3, -0.25) is 19.3 Å². The lowest BCUT2D eigenvalue weighted by Crippen LogP contribution is -2.32. The molecule has 0 aliphatic carbocycles. The highest BCUT2D eigenvalue weighted by atomic mass is 16.3. The molecule has 4 rings (SSSR count). The molecule has 1 aliphatic heterocycles. The topological polar surface area (TPSA) is 99.8 Å². The van der Waals surface area contributed by atoms with E-state index in [2.05, 4.69) is 5.32 Å². The number of nitrogens with one attached hydrogen (secondary N) is 1. The predicted molar refractivity (Wildman–Crippen MR) is 137 cm³/mol. The number of aryl methyl sites for hydroxylation is 2. The van der Waals surface area contributed by atoms with Crippen LogP contribution in [0.2, 0.25) is 0 Å². The van der Waals surface area contributed by atoms with Crippen molar-refractivity contribution in [2.75, 3.05) is 11.9 Å². The summed E-state index contributed by atoms with van der Waals surface area (Å²) in [5.41, 5.74) is 2.99. The summed E-state index contributed by atoms with van der Waals surface area (Å²) >= 11 is 0. The highest BCUT2D eigenvalue weighted by molar-refractivity contribution is 6.17. The maximum Gasteiger partial charge on any atom is 0.294 e. The molecule has 1 unspecified atom stereocenters. The van der Waals surface area contributed by atoms with Crippen molar-refractivity contribution in [3.63, 3.8) is 0 Å². The number of aliphatic hydroxyl groups excluding tert-OH is 1. The molecule has 0 saturated heterocycles. The summed E-state index contributed by atoms with van der Waals surface area (Å²) in [7, 11) is 1.58. The van der Waals surface area contributed by atoms with Crippen LogP contribution in [0.3, 0.4) is 0 Å². The zero-order chi connectivity index (χ0) is 26.0. The van der Waals surface area contributed by atoms with Crippen molar-refractivity contribution in [1.82, 2.24) is 5.32 Å².